The van der Waals surface area contributed by atoms with Crippen molar-refractivity contribution in [2.45, 2.75) is 64.5 Å². The second-order valence-corrected chi connectivity index (χ2v) is 6.36. The van der Waals surface area contributed by atoms with Gasteiger partial charge in [0.1, 0.15) is 0 Å². The average Bonchev–Trinajstić information content (AvgIpc) is 2.49. The van der Waals surface area contributed by atoms with Gasteiger partial charge >= 0.3 is 0 Å². The van der Waals surface area contributed by atoms with E-state index in [9.17, 15) is 0 Å². The first-order valence-corrected chi connectivity index (χ1v) is 8.05. The molecule has 3 heteroatoms. The minimum absolute atomic E-state index is 0.372. The summed E-state index contributed by atoms with van der Waals surface area (Å²) in [5, 5.41) is 3.75. The molecule has 20 heavy (non-hydrogen) atoms. The maximum Gasteiger partial charge on any atom is 0.0670 e. The van der Waals surface area contributed by atoms with Crippen molar-refractivity contribution in [1.82, 2.24) is 4.98 Å². The Kier molecular flexibility index (Phi) is 3.97. The molecule has 2 aliphatic rings. The Balaban J connectivity index is 1.75. The van der Waals surface area contributed by atoms with Crippen LogP contribution in [0.1, 0.15) is 51.0 Å². The summed E-state index contributed by atoms with van der Waals surface area (Å²) in [7, 11) is 0. The van der Waals surface area contributed by atoms with Crippen molar-refractivity contribution in [3.63, 3.8) is 0 Å². The number of pyridine rings is 1. The standard InChI is InChI=1S/C17H26N2O/c1-3-20-16-11-15(17(16)8-5-4-6-9-17)19-14-12-18-10-7-13(14)2/h7,10,12,15-16,19H,3-6,8-9,11H2,1-2H3. The summed E-state index contributed by atoms with van der Waals surface area (Å²) in [5.41, 5.74) is 2.85. The first kappa shape index (κ1) is 13.9. The zero-order valence-corrected chi connectivity index (χ0v) is 12.7. The lowest BCUT2D eigenvalue weighted by molar-refractivity contribution is -0.134. The molecule has 3 rings (SSSR count). The Labute approximate surface area is 122 Å². The number of aryl methyl sites for hydroxylation is 1. The van der Waals surface area contributed by atoms with Crippen LogP contribution in [0.3, 0.4) is 0 Å². The van der Waals surface area contributed by atoms with Gasteiger partial charge < -0.3 is 10.1 Å². The molecular weight excluding hydrogens is 248 g/mol. The molecule has 1 aromatic rings. The van der Waals surface area contributed by atoms with Gasteiger partial charge in [-0.2, -0.15) is 0 Å². The fourth-order valence-corrected chi connectivity index (χ4v) is 4.07. The summed E-state index contributed by atoms with van der Waals surface area (Å²) in [6, 6.07) is 2.64. The van der Waals surface area contributed by atoms with Gasteiger partial charge in [0, 0.05) is 24.3 Å². The van der Waals surface area contributed by atoms with Crippen molar-refractivity contribution in [3.8, 4) is 0 Å². The number of rotatable bonds is 4. The minimum atomic E-state index is 0.372. The van der Waals surface area contributed by atoms with E-state index in [1.54, 1.807) is 0 Å². The van der Waals surface area contributed by atoms with Crippen LogP contribution >= 0.6 is 0 Å². The van der Waals surface area contributed by atoms with Crippen molar-refractivity contribution in [2.24, 2.45) is 5.41 Å². The van der Waals surface area contributed by atoms with Gasteiger partial charge in [0.15, 0.2) is 0 Å². The molecule has 1 aromatic heterocycles. The Bertz CT molecular complexity index is 454. The van der Waals surface area contributed by atoms with Crippen molar-refractivity contribution in [2.75, 3.05) is 11.9 Å². The SMILES string of the molecule is CCOC1CC(Nc2cnccc2C)C12CCCCC2. The summed E-state index contributed by atoms with van der Waals surface area (Å²) < 4.78 is 6.01. The van der Waals surface area contributed by atoms with Crippen LogP contribution in [0.4, 0.5) is 5.69 Å². The molecule has 2 unspecified atom stereocenters. The third-order valence-electron chi connectivity index (χ3n) is 5.31. The first-order valence-electron chi connectivity index (χ1n) is 8.05. The molecule has 110 valence electrons. The molecule has 0 bridgehead atoms. The van der Waals surface area contributed by atoms with Crippen LogP contribution in [0.5, 0.6) is 0 Å². The van der Waals surface area contributed by atoms with E-state index in [0.717, 1.165) is 13.0 Å². The first-order chi connectivity index (χ1) is 9.76. The second kappa shape index (κ2) is 5.72. The number of nitrogens with zero attached hydrogens (tertiary/aromatic N) is 1. The van der Waals surface area contributed by atoms with E-state index in [1.165, 1.54) is 43.4 Å². The van der Waals surface area contributed by atoms with Crippen molar-refractivity contribution in [3.05, 3.63) is 24.0 Å². The van der Waals surface area contributed by atoms with E-state index >= 15 is 0 Å². The zero-order chi connectivity index (χ0) is 14.0. The largest absolute Gasteiger partial charge is 0.380 e. The number of nitrogens with one attached hydrogen (secondary N) is 1. The smallest absolute Gasteiger partial charge is 0.0670 e. The molecule has 0 radical (unpaired) electrons. The molecule has 1 N–H and O–H groups in total. The molecule has 1 spiro atoms. The second-order valence-electron chi connectivity index (χ2n) is 6.36. The highest BCUT2D eigenvalue weighted by Crippen LogP contribution is 2.54. The molecule has 0 aromatic carbocycles. The molecule has 0 saturated heterocycles. The van der Waals surface area contributed by atoms with E-state index in [1.807, 2.05) is 12.4 Å². The number of aromatic nitrogens is 1. The number of ether oxygens (including phenoxy) is 1. The highest BCUT2D eigenvalue weighted by Gasteiger charge is 2.55. The van der Waals surface area contributed by atoms with Crippen molar-refractivity contribution in [1.29, 1.82) is 0 Å². The summed E-state index contributed by atoms with van der Waals surface area (Å²) in [6.45, 7) is 5.10. The third-order valence-corrected chi connectivity index (χ3v) is 5.31. The van der Waals surface area contributed by atoms with Gasteiger partial charge in [-0.3, -0.25) is 4.98 Å². The van der Waals surface area contributed by atoms with Crippen LogP contribution in [0.2, 0.25) is 0 Å². The number of anilines is 1. The van der Waals surface area contributed by atoms with Crippen LogP contribution in [-0.4, -0.2) is 23.7 Å². The lowest BCUT2D eigenvalue weighted by Gasteiger charge is -2.58. The van der Waals surface area contributed by atoms with E-state index in [-0.39, 0.29) is 0 Å². The predicted molar refractivity (Wildman–Crippen MR) is 81.9 cm³/mol. The van der Waals surface area contributed by atoms with Gasteiger partial charge in [-0.25, -0.2) is 0 Å². The molecule has 3 nitrogen and oxygen atoms in total. The molecular formula is C17H26N2O. The van der Waals surface area contributed by atoms with Gasteiger partial charge in [-0.1, -0.05) is 19.3 Å². The Morgan fingerprint density at radius 2 is 2.15 bits per heavy atom. The van der Waals surface area contributed by atoms with E-state index in [0.29, 0.717) is 17.6 Å². The number of hydrogen-bond acceptors (Lipinski definition) is 3. The van der Waals surface area contributed by atoms with E-state index < -0.39 is 0 Å². The van der Waals surface area contributed by atoms with Crippen molar-refractivity contribution < 1.29 is 4.74 Å². The summed E-state index contributed by atoms with van der Waals surface area (Å²) in [4.78, 5) is 4.25. The molecule has 0 amide bonds. The van der Waals surface area contributed by atoms with Gasteiger partial charge in [0.25, 0.3) is 0 Å². The van der Waals surface area contributed by atoms with E-state index in [4.69, 9.17) is 4.74 Å². The zero-order valence-electron chi connectivity index (χ0n) is 12.7. The minimum Gasteiger partial charge on any atom is -0.380 e. The fraction of sp³-hybridized carbons (Fsp3) is 0.706. The normalized spacial score (nSPS) is 28.1. The molecule has 2 aliphatic carbocycles. The number of hydrogen-bond donors (Lipinski definition) is 1. The molecule has 2 atom stereocenters. The Hall–Kier alpha value is -1.09. The molecule has 0 aliphatic heterocycles. The predicted octanol–water partition coefficient (Wildman–Crippen LogP) is 3.93. The van der Waals surface area contributed by atoms with Crippen LogP contribution in [0, 0.1) is 12.3 Å². The van der Waals surface area contributed by atoms with Crippen LogP contribution in [0.15, 0.2) is 18.5 Å². The van der Waals surface area contributed by atoms with Gasteiger partial charge in [0.2, 0.25) is 0 Å². The fourth-order valence-electron chi connectivity index (χ4n) is 4.07. The van der Waals surface area contributed by atoms with Crippen LogP contribution in [0.25, 0.3) is 0 Å². The highest BCUT2D eigenvalue weighted by molar-refractivity contribution is 5.50. The monoisotopic (exact) mass is 274 g/mol. The summed E-state index contributed by atoms with van der Waals surface area (Å²) >= 11 is 0. The van der Waals surface area contributed by atoms with Gasteiger partial charge in [-0.15, -0.1) is 0 Å². The van der Waals surface area contributed by atoms with Gasteiger partial charge in [0.05, 0.1) is 18.0 Å². The molecule has 1 heterocycles. The lowest BCUT2D eigenvalue weighted by Crippen LogP contribution is -2.62. The van der Waals surface area contributed by atoms with Crippen LogP contribution < -0.4 is 5.32 Å². The average molecular weight is 274 g/mol. The van der Waals surface area contributed by atoms with Crippen molar-refractivity contribution >= 4 is 5.69 Å². The van der Waals surface area contributed by atoms with E-state index in [2.05, 4.69) is 30.2 Å². The summed E-state index contributed by atoms with van der Waals surface area (Å²) in [5.74, 6) is 0. The lowest BCUT2D eigenvalue weighted by atomic mass is 9.55. The molecule has 2 saturated carbocycles. The quantitative estimate of drug-likeness (QED) is 0.903. The topological polar surface area (TPSA) is 34.1 Å². The maximum absolute atomic E-state index is 6.01. The maximum atomic E-state index is 6.01. The van der Waals surface area contributed by atoms with Crippen LogP contribution in [-0.2, 0) is 4.74 Å². The molecule has 2 fully saturated rings. The Morgan fingerprint density at radius 3 is 2.85 bits per heavy atom. The highest BCUT2D eigenvalue weighted by atomic mass is 16.5. The summed E-state index contributed by atoms with van der Waals surface area (Å²) in [6.07, 6.45) is 12.1. The third kappa shape index (κ3) is 2.32. The Morgan fingerprint density at radius 1 is 1.35 bits per heavy atom. The van der Waals surface area contributed by atoms with Gasteiger partial charge in [-0.05, 0) is 44.7 Å².